The molecule has 0 aliphatic heterocycles. The van der Waals surface area contributed by atoms with Crippen LogP contribution in [0.5, 0.6) is 0 Å². The van der Waals surface area contributed by atoms with Crippen LogP contribution >= 0.6 is 0 Å². The van der Waals surface area contributed by atoms with Gasteiger partial charge in [0.05, 0.1) is 0 Å². The van der Waals surface area contributed by atoms with Crippen LogP contribution in [0, 0.1) is 5.92 Å². The molecule has 1 unspecified atom stereocenters. The van der Waals surface area contributed by atoms with Crippen LogP contribution in [0.25, 0.3) is 0 Å². The molecule has 72 valence electrons. The van der Waals surface area contributed by atoms with E-state index in [0.29, 0.717) is 12.5 Å². The lowest BCUT2D eigenvalue weighted by molar-refractivity contribution is 0.514. The minimum Gasteiger partial charge on any atom is -0.326 e. The van der Waals surface area contributed by atoms with Gasteiger partial charge in [0.15, 0.2) is 0 Å². The van der Waals surface area contributed by atoms with Crippen molar-refractivity contribution in [3.05, 3.63) is 35.4 Å². The van der Waals surface area contributed by atoms with Gasteiger partial charge in [-0.1, -0.05) is 38.1 Å². The Kier molecular flexibility index (Phi) is 3.46. The van der Waals surface area contributed by atoms with E-state index in [2.05, 4.69) is 26.0 Å². The van der Waals surface area contributed by atoms with Crippen molar-refractivity contribution >= 4 is 0 Å². The fraction of sp³-hybridized carbons (Fsp3) is 0.455. The predicted molar refractivity (Wildman–Crippen MR) is 56.1 cm³/mol. The average molecular weight is 178 g/mol. The van der Waals surface area contributed by atoms with E-state index < -0.39 is 0 Å². The maximum atomic E-state index is 6.02. The van der Waals surface area contributed by atoms with E-state index in [1.165, 1.54) is 5.56 Å². The lowest BCUT2D eigenvalue weighted by Crippen LogP contribution is -2.16. The Balaban J connectivity index is 2.88. The molecule has 4 N–H and O–H groups in total. The molecule has 13 heavy (non-hydrogen) atoms. The third-order valence-electron chi connectivity index (χ3n) is 2.29. The largest absolute Gasteiger partial charge is 0.326 e. The first-order chi connectivity index (χ1) is 6.15. The van der Waals surface area contributed by atoms with Gasteiger partial charge < -0.3 is 11.5 Å². The molecule has 0 saturated heterocycles. The van der Waals surface area contributed by atoms with Crippen molar-refractivity contribution < 1.29 is 0 Å². The van der Waals surface area contributed by atoms with Crippen LogP contribution in [0.15, 0.2) is 24.3 Å². The molecular formula is C11H18N2. The second kappa shape index (κ2) is 4.40. The van der Waals surface area contributed by atoms with Gasteiger partial charge in [0.2, 0.25) is 0 Å². The Labute approximate surface area is 79.9 Å². The summed E-state index contributed by atoms with van der Waals surface area (Å²) in [7, 11) is 0. The smallest absolute Gasteiger partial charge is 0.0318 e. The van der Waals surface area contributed by atoms with E-state index in [0.717, 1.165) is 5.56 Å². The first kappa shape index (κ1) is 10.2. The van der Waals surface area contributed by atoms with Crippen molar-refractivity contribution in [2.75, 3.05) is 0 Å². The summed E-state index contributed by atoms with van der Waals surface area (Å²) in [6, 6.07) is 8.30. The minimum atomic E-state index is 0.117. The van der Waals surface area contributed by atoms with Crippen LogP contribution in [0.3, 0.4) is 0 Å². The molecule has 0 aliphatic carbocycles. The number of nitrogens with two attached hydrogens (primary N) is 2. The second-order valence-electron chi connectivity index (χ2n) is 3.72. The van der Waals surface area contributed by atoms with Crippen LogP contribution in [-0.2, 0) is 6.54 Å². The summed E-state index contributed by atoms with van der Waals surface area (Å²) in [5, 5.41) is 0. The zero-order valence-corrected chi connectivity index (χ0v) is 8.33. The molecule has 0 heterocycles. The van der Waals surface area contributed by atoms with E-state index in [1.807, 2.05) is 12.1 Å². The molecule has 0 spiro atoms. The van der Waals surface area contributed by atoms with Gasteiger partial charge in [-0.15, -0.1) is 0 Å². The van der Waals surface area contributed by atoms with E-state index in [9.17, 15) is 0 Å². The zero-order valence-electron chi connectivity index (χ0n) is 8.33. The fourth-order valence-electron chi connectivity index (χ4n) is 1.31. The summed E-state index contributed by atoms with van der Waals surface area (Å²) in [6.45, 7) is 4.83. The quantitative estimate of drug-likeness (QED) is 0.741. The first-order valence-corrected chi connectivity index (χ1v) is 4.69. The standard InChI is InChI=1S/C11H18N2/c1-8(2)11(13)10-5-3-4-9(6-10)7-12/h3-6,8,11H,7,12-13H2,1-2H3. The fourth-order valence-corrected chi connectivity index (χ4v) is 1.31. The summed E-state index contributed by atoms with van der Waals surface area (Å²) >= 11 is 0. The highest BCUT2D eigenvalue weighted by atomic mass is 14.6. The number of benzene rings is 1. The Bertz CT molecular complexity index is 269. The van der Waals surface area contributed by atoms with E-state index in [-0.39, 0.29) is 6.04 Å². The molecule has 0 saturated carbocycles. The molecule has 2 heteroatoms. The van der Waals surface area contributed by atoms with E-state index in [4.69, 9.17) is 11.5 Å². The third-order valence-corrected chi connectivity index (χ3v) is 2.29. The van der Waals surface area contributed by atoms with Crippen LogP contribution in [0.2, 0.25) is 0 Å². The Morgan fingerprint density at radius 2 is 2.00 bits per heavy atom. The number of hydrogen-bond donors (Lipinski definition) is 2. The van der Waals surface area contributed by atoms with Crippen molar-refractivity contribution in [2.45, 2.75) is 26.4 Å². The third kappa shape index (κ3) is 2.54. The van der Waals surface area contributed by atoms with E-state index >= 15 is 0 Å². The molecule has 0 radical (unpaired) electrons. The number of hydrogen-bond acceptors (Lipinski definition) is 2. The SMILES string of the molecule is CC(C)C(N)c1cccc(CN)c1. The highest BCUT2D eigenvalue weighted by Gasteiger charge is 2.09. The summed E-state index contributed by atoms with van der Waals surface area (Å²) < 4.78 is 0. The maximum Gasteiger partial charge on any atom is 0.0318 e. The summed E-state index contributed by atoms with van der Waals surface area (Å²) in [4.78, 5) is 0. The van der Waals surface area contributed by atoms with Crippen LogP contribution in [-0.4, -0.2) is 0 Å². The summed E-state index contributed by atoms with van der Waals surface area (Å²) in [5.74, 6) is 0.466. The van der Waals surface area contributed by atoms with Crippen LogP contribution < -0.4 is 11.5 Å². The predicted octanol–water partition coefficient (Wildman–Crippen LogP) is 1.80. The molecule has 0 fully saturated rings. The molecule has 2 nitrogen and oxygen atoms in total. The summed E-state index contributed by atoms with van der Waals surface area (Å²) in [5.41, 5.74) is 13.9. The van der Waals surface area contributed by atoms with Crippen molar-refractivity contribution in [2.24, 2.45) is 17.4 Å². The van der Waals surface area contributed by atoms with Gasteiger partial charge in [-0.25, -0.2) is 0 Å². The van der Waals surface area contributed by atoms with Gasteiger partial charge in [0.1, 0.15) is 0 Å². The van der Waals surface area contributed by atoms with E-state index in [1.54, 1.807) is 0 Å². The lowest BCUT2D eigenvalue weighted by Gasteiger charge is -2.16. The normalized spacial score (nSPS) is 13.3. The maximum absolute atomic E-state index is 6.02. The monoisotopic (exact) mass is 178 g/mol. The highest BCUT2D eigenvalue weighted by Crippen LogP contribution is 2.19. The summed E-state index contributed by atoms with van der Waals surface area (Å²) in [6.07, 6.45) is 0. The van der Waals surface area contributed by atoms with Crippen molar-refractivity contribution in [1.82, 2.24) is 0 Å². The van der Waals surface area contributed by atoms with Gasteiger partial charge in [0, 0.05) is 12.6 Å². The molecular weight excluding hydrogens is 160 g/mol. The lowest BCUT2D eigenvalue weighted by atomic mass is 9.96. The topological polar surface area (TPSA) is 52.0 Å². The second-order valence-corrected chi connectivity index (χ2v) is 3.72. The van der Waals surface area contributed by atoms with Crippen molar-refractivity contribution in [3.63, 3.8) is 0 Å². The van der Waals surface area contributed by atoms with Gasteiger partial charge >= 0.3 is 0 Å². The minimum absolute atomic E-state index is 0.117. The molecule has 1 aromatic carbocycles. The Morgan fingerprint density at radius 3 is 2.54 bits per heavy atom. The molecule has 1 rings (SSSR count). The average Bonchev–Trinajstić information content (AvgIpc) is 2.16. The molecule has 0 amide bonds. The molecule has 0 bridgehead atoms. The first-order valence-electron chi connectivity index (χ1n) is 4.69. The van der Waals surface area contributed by atoms with Crippen molar-refractivity contribution in [3.8, 4) is 0 Å². The zero-order chi connectivity index (χ0) is 9.84. The Morgan fingerprint density at radius 1 is 1.31 bits per heavy atom. The molecule has 0 aromatic heterocycles. The number of rotatable bonds is 3. The van der Waals surface area contributed by atoms with Gasteiger partial charge in [-0.2, -0.15) is 0 Å². The molecule has 1 atom stereocenters. The van der Waals surface area contributed by atoms with Gasteiger partial charge in [-0.05, 0) is 17.0 Å². The molecule has 0 aliphatic rings. The van der Waals surface area contributed by atoms with Crippen LogP contribution in [0.1, 0.15) is 31.0 Å². The van der Waals surface area contributed by atoms with Gasteiger partial charge in [0.25, 0.3) is 0 Å². The van der Waals surface area contributed by atoms with Crippen molar-refractivity contribution in [1.29, 1.82) is 0 Å². The Hall–Kier alpha value is -0.860. The van der Waals surface area contributed by atoms with Gasteiger partial charge in [-0.3, -0.25) is 0 Å². The highest BCUT2D eigenvalue weighted by molar-refractivity contribution is 5.25. The van der Waals surface area contributed by atoms with Crippen LogP contribution in [0.4, 0.5) is 0 Å². The molecule has 1 aromatic rings.